The van der Waals surface area contributed by atoms with Crippen LogP contribution in [0.2, 0.25) is 0 Å². The first-order valence-electron chi connectivity index (χ1n) is 6.76. The number of nitrogens with one attached hydrogen (secondary N) is 1. The van der Waals surface area contributed by atoms with Crippen LogP contribution in [0.3, 0.4) is 0 Å². The third-order valence-electron chi connectivity index (χ3n) is 3.99. The molecule has 0 spiro atoms. The van der Waals surface area contributed by atoms with Crippen LogP contribution >= 0.6 is 11.8 Å². The van der Waals surface area contributed by atoms with E-state index < -0.39 is 5.97 Å². The number of carbonyl (C=O) groups is 2. The Balaban J connectivity index is 1.77. The first-order chi connectivity index (χ1) is 8.66. The minimum atomic E-state index is -0.771. The van der Waals surface area contributed by atoms with Crippen LogP contribution in [0.25, 0.3) is 0 Å². The molecule has 1 heterocycles. The second kappa shape index (κ2) is 6.45. The molecule has 2 atom stereocenters. The second-order valence-electron chi connectivity index (χ2n) is 5.31. The SMILES string of the molecule is O=C(CC1CCSCC1)NC1CCCC1C(=O)O. The number of hydrogen-bond donors (Lipinski definition) is 2. The fraction of sp³-hybridized carbons (Fsp3) is 0.846. The van der Waals surface area contributed by atoms with Crippen molar-refractivity contribution in [1.29, 1.82) is 0 Å². The number of carboxylic acid groups (broad SMARTS) is 1. The number of thioether (sulfide) groups is 1. The Morgan fingerprint density at radius 3 is 2.56 bits per heavy atom. The molecule has 1 aliphatic carbocycles. The monoisotopic (exact) mass is 271 g/mol. The van der Waals surface area contributed by atoms with Crippen molar-refractivity contribution in [1.82, 2.24) is 5.32 Å². The lowest BCUT2D eigenvalue weighted by Gasteiger charge is -2.23. The van der Waals surface area contributed by atoms with Gasteiger partial charge in [0, 0.05) is 12.5 Å². The molecule has 102 valence electrons. The number of aliphatic carboxylic acids is 1. The average Bonchev–Trinajstić information content (AvgIpc) is 2.78. The van der Waals surface area contributed by atoms with Crippen LogP contribution in [0.15, 0.2) is 0 Å². The van der Waals surface area contributed by atoms with Gasteiger partial charge in [0.2, 0.25) is 5.91 Å². The Labute approximate surface area is 112 Å². The molecule has 1 amide bonds. The molecule has 0 aromatic rings. The molecule has 5 heteroatoms. The molecule has 0 aromatic heterocycles. The Morgan fingerprint density at radius 2 is 1.89 bits per heavy atom. The summed E-state index contributed by atoms with van der Waals surface area (Å²) < 4.78 is 0. The number of carboxylic acids is 1. The number of amides is 1. The van der Waals surface area contributed by atoms with Gasteiger partial charge >= 0.3 is 5.97 Å². The summed E-state index contributed by atoms with van der Waals surface area (Å²) in [6, 6.07) is -0.145. The van der Waals surface area contributed by atoms with E-state index in [1.54, 1.807) is 0 Å². The van der Waals surface area contributed by atoms with Gasteiger partial charge in [-0.05, 0) is 43.1 Å². The van der Waals surface area contributed by atoms with E-state index in [2.05, 4.69) is 5.32 Å². The molecule has 0 bridgehead atoms. The molecular formula is C13H21NO3S. The summed E-state index contributed by atoms with van der Waals surface area (Å²) in [6.45, 7) is 0. The minimum Gasteiger partial charge on any atom is -0.481 e. The van der Waals surface area contributed by atoms with Gasteiger partial charge in [-0.3, -0.25) is 9.59 Å². The van der Waals surface area contributed by atoms with Gasteiger partial charge in [-0.25, -0.2) is 0 Å². The van der Waals surface area contributed by atoms with E-state index in [-0.39, 0.29) is 17.9 Å². The van der Waals surface area contributed by atoms with Crippen molar-refractivity contribution in [2.24, 2.45) is 11.8 Å². The third-order valence-corrected chi connectivity index (χ3v) is 5.04. The zero-order valence-corrected chi connectivity index (χ0v) is 11.4. The molecule has 18 heavy (non-hydrogen) atoms. The lowest BCUT2D eigenvalue weighted by atomic mass is 9.97. The van der Waals surface area contributed by atoms with Gasteiger partial charge < -0.3 is 10.4 Å². The zero-order valence-electron chi connectivity index (χ0n) is 10.6. The van der Waals surface area contributed by atoms with E-state index in [9.17, 15) is 9.59 Å². The summed E-state index contributed by atoms with van der Waals surface area (Å²) in [7, 11) is 0. The minimum absolute atomic E-state index is 0.0463. The van der Waals surface area contributed by atoms with Gasteiger partial charge in [0.25, 0.3) is 0 Å². The van der Waals surface area contributed by atoms with Crippen molar-refractivity contribution in [2.75, 3.05) is 11.5 Å². The van der Waals surface area contributed by atoms with E-state index in [4.69, 9.17) is 5.11 Å². The van der Waals surface area contributed by atoms with Gasteiger partial charge in [0.05, 0.1) is 5.92 Å². The van der Waals surface area contributed by atoms with Gasteiger partial charge in [0.15, 0.2) is 0 Å². The fourth-order valence-electron chi connectivity index (χ4n) is 2.91. The predicted octanol–water partition coefficient (Wildman–Crippen LogP) is 1.89. The maximum absolute atomic E-state index is 11.9. The highest BCUT2D eigenvalue weighted by molar-refractivity contribution is 7.99. The average molecular weight is 271 g/mol. The quantitative estimate of drug-likeness (QED) is 0.819. The standard InChI is InChI=1S/C13H21NO3S/c15-12(8-9-4-6-18-7-5-9)14-11-3-1-2-10(11)13(16)17/h9-11H,1-8H2,(H,14,15)(H,16,17). The highest BCUT2D eigenvalue weighted by Crippen LogP contribution is 2.28. The van der Waals surface area contributed by atoms with Crippen LogP contribution in [0, 0.1) is 11.8 Å². The number of carbonyl (C=O) groups excluding carboxylic acids is 1. The molecule has 1 aliphatic heterocycles. The summed E-state index contributed by atoms with van der Waals surface area (Å²) in [6.07, 6.45) is 5.21. The van der Waals surface area contributed by atoms with Crippen LogP contribution in [-0.2, 0) is 9.59 Å². The van der Waals surface area contributed by atoms with Gasteiger partial charge in [-0.2, -0.15) is 11.8 Å². The molecule has 1 saturated heterocycles. The van der Waals surface area contributed by atoms with Gasteiger partial charge in [0.1, 0.15) is 0 Å². The van der Waals surface area contributed by atoms with Gasteiger partial charge in [-0.15, -0.1) is 0 Å². The summed E-state index contributed by atoms with van der Waals surface area (Å²) in [5.41, 5.74) is 0. The second-order valence-corrected chi connectivity index (χ2v) is 6.53. The maximum atomic E-state index is 11.9. The molecule has 2 unspecified atom stereocenters. The molecule has 0 radical (unpaired) electrons. The first-order valence-corrected chi connectivity index (χ1v) is 7.92. The number of hydrogen-bond acceptors (Lipinski definition) is 3. The van der Waals surface area contributed by atoms with E-state index in [0.29, 0.717) is 18.8 Å². The topological polar surface area (TPSA) is 66.4 Å². The molecule has 4 nitrogen and oxygen atoms in total. The van der Waals surface area contributed by atoms with Crippen LogP contribution < -0.4 is 5.32 Å². The summed E-state index contributed by atoms with van der Waals surface area (Å²) >= 11 is 1.95. The molecule has 2 rings (SSSR count). The van der Waals surface area contributed by atoms with E-state index >= 15 is 0 Å². The Kier molecular flexibility index (Phi) is 4.92. The van der Waals surface area contributed by atoms with Crippen LogP contribution in [0.5, 0.6) is 0 Å². The van der Waals surface area contributed by atoms with Crippen molar-refractivity contribution in [3.63, 3.8) is 0 Å². The Hall–Kier alpha value is -0.710. The molecule has 2 aliphatic rings. The highest BCUT2D eigenvalue weighted by Gasteiger charge is 2.34. The molecule has 0 aromatic carbocycles. The molecular weight excluding hydrogens is 250 g/mol. The van der Waals surface area contributed by atoms with Crippen molar-refractivity contribution < 1.29 is 14.7 Å². The summed E-state index contributed by atoms with van der Waals surface area (Å²) in [4.78, 5) is 23.0. The fourth-order valence-corrected chi connectivity index (χ4v) is 4.11. The third kappa shape index (κ3) is 3.64. The van der Waals surface area contributed by atoms with E-state index in [1.807, 2.05) is 11.8 Å². The van der Waals surface area contributed by atoms with E-state index in [0.717, 1.165) is 37.2 Å². The molecule has 2 N–H and O–H groups in total. The van der Waals surface area contributed by atoms with Crippen molar-refractivity contribution in [3.8, 4) is 0 Å². The van der Waals surface area contributed by atoms with Crippen LogP contribution in [0.1, 0.15) is 38.5 Å². The van der Waals surface area contributed by atoms with Crippen molar-refractivity contribution in [3.05, 3.63) is 0 Å². The predicted molar refractivity (Wildman–Crippen MR) is 71.6 cm³/mol. The van der Waals surface area contributed by atoms with E-state index in [1.165, 1.54) is 0 Å². The normalized spacial score (nSPS) is 29.1. The maximum Gasteiger partial charge on any atom is 0.308 e. The first kappa shape index (κ1) is 13.7. The van der Waals surface area contributed by atoms with Crippen LogP contribution in [-0.4, -0.2) is 34.5 Å². The zero-order chi connectivity index (χ0) is 13.0. The lowest BCUT2D eigenvalue weighted by molar-refractivity contribution is -0.142. The lowest BCUT2D eigenvalue weighted by Crippen LogP contribution is -2.40. The van der Waals surface area contributed by atoms with Crippen molar-refractivity contribution >= 4 is 23.6 Å². The summed E-state index contributed by atoms with van der Waals surface area (Å²) in [5, 5.41) is 12.0. The highest BCUT2D eigenvalue weighted by atomic mass is 32.2. The largest absolute Gasteiger partial charge is 0.481 e. The Bertz CT molecular complexity index is 315. The van der Waals surface area contributed by atoms with Crippen LogP contribution in [0.4, 0.5) is 0 Å². The summed E-state index contributed by atoms with van der Waals surface area (Å²) in [5.74, 6) is 1.70. The van der Waals surface area contributed by atoms with Gasteiger partial charge in [-0.1, -0.05) is 6.42 Å². The molecule has 2 fully saturated rings. The van der Waals surface area contributed by atoms with Crippen molar-refractivity contribution in [2.45, 2.75) is 44.6 Å². The Morgan fingerprint density at radius 1 is 1.17 bits per heavy atom. The number of rotatable bonds is 4. The molecule has 1 saturated carbocycles. The smallest absolute Gasteiger partial charge is 0.308 e.